The molecule has 34 heavy (non-hydrogen) atoms. The van der Waals surface area contributed by atoms with Gasteiger partial charge in [0.1, 0.15) is 18.7 Å². The Labute approximate surface area is 197 Å². The summed E-state index contributed by atoms with van der Waals surface area (Å²) in [4.78, 5) is 6.55. The number of nitrogens with zero attached hydrogens (tertiary/aromatic N) is 8. The lowest BCUT2D eigenvalue weighted by Crippen LogP contribution is -2.16. The van der Waals surface area contributed by atoms with Crippen LogP contribution >= 0.6 is 0 Å². The molecule has 3 aromatic heterocycles. The molecule has 1 aliphatic carbocycles. The Morgan fingerprint density at radius 1 is 1.15 bits per heavy atom. The number of rotatable bonds is 10. The van der Waals surface area contributed by atoms with Gasteiger partial charge in [-0.25, -0.2) is 4.98 Å². The molecule has 0 spiro atoms. The average Bonchev–Trinajstić information content (AvgIpc) is 3.30. The minimum atomic E-state index is 0.389. The second-order valence-electron chi connectivity index (χ2n) is 8.66. The van der Waals surface area contributed by atoms with E-state index in [2.05, 4.69) is 61.3 Å². The van der Waals surface area contributed by atoms with Crippen molar-refractivity contribution in [1.29, 1.82) is 5.26 Å². The molecule has 1 fully saturated rings. The Balaban J connectivity index is 1.43. The smallest absolute Gasteiger partial charge is 0.178 e. The summed E-state index contributed by atoms with van der Waals surface area (Å²) in [6.45, 7) is 1.87. The van der Waals surface area contributed by atoms with Gasteiger partial charge in [0.25, 0.3) is 0 Å². The highest BCUT2D eigenvalue weighted by molar-refractivity contribution is 5.75. The molecule has 11 heteroatoms. The van der Waals surface area contributed by atoms with Crippen LogP contribution in [-0.4, -0.2) is 67.5 Å². The van der Waals surface area contributed by atoms with Crippen molar-refractivity contribution >= 4 is 28.5 Å². The third kappa shape index (κ3) is 4.77. The average molecular weight is 458 g/mol. The summed E-state index contributed by atoms with van der Waals surface area (Å²) < 4.78 is 3.45. The first-order valence-electron chi connectivity index (χ1n) is 11.3. The third-order valence-corrected chi connectivity index (χ3v) is 5.58. The number of nitrogens with one attached hydrogen (secondary N) is 3. The number of fused-ring (bicyclic) bond motifs is 1. The number of hydrogen-bond donors (Lipinski definition) is 3. The maximum atomic E-state index is 9.47. The van der Waals surface area contributed by atoms with Crippen molar-refractivity contribution in [1.82, 2.24) is 34.3 Å². The van der Waals surface area contributed by atoms with Crippen molar-refractivity contribution in [2.45, 2.75) is 25.3 Å². The third-order valence-electron chi connectivity index (χ3n) is 5.58. The Morgan fingerprint density at radius 2 is 1.97 bits per heavy atom. The number of anilines is 4. The first-order valence-corrected chi connectivity index (χ1v) is 11.3. The van der Waals surface area contributed by atoms with E-state index in [0.717, 1.165) is 55.1 Å². The van der Waals surface area contributed by atoms with Crippen molar-refractivity contribution in [2.75, 3.05) is 43.1 Å². The van der Waals surface area contributed by atoms with Crippen molar-refractivity contribution in [3.63, 3.8) is 0 Å². The number of aromatic nitrogens is 6. The van der Waals surface area contributed by atoms with Gasteiger partial charge >= 0.3 is 0 Å². The first-order chi connectivity index (χ1) is 16.6. The molecular weight excluding hydrogens is 430 g/mol. The van der Waals surface area contributed by atoms with Crippen LogP contribution < -0.4 is 16.0 Å². The van der Waals surface area contributed by atoms with Crippen LogP contribution in [0.4, 0.5) is 22.9 Å². The summed E-state index contributed by atoms with van der Waals surface area (Å²) in [6, 6.07) is 10.6. The fourth-order valence-corrected chi connectivity index (χ4v) is 3.72. The summed E-state index contributed by atoms with van der Waals surface area (Å²) in [5.41, 5.74) is 4.67. The lowest BCUT2D eigenvalue weighted by molar-refractivity contribution is 0.405. The minimum Gasteiger partial charge on any atom is -0.383 e. The molecule has 5 rings (SSSR count). The Kier molecular flexibility index (Phi) is 5.97. The Morgan fingerprint density at radius 3 is 2.71 bits per heavy atom. The van der Waals surface area contributed by atoms with Crippen LogP contribution in [0.1, 0.15) is 25.0 Å². The second-order valence-corrected chi connectivity index (χ2v) is 8.66. The molecule has 3 N–H and O–H groups in total. The number of imidazole rings is 1. The summed E-state index contributed by atoms with van der Waals surface area (Å²) in [6.07, 6.45) is 8.20. The molecule has 0 saturated heterocycles. The van der Waals surface area contributed by atoms with Gasteiger partial charge in [-0.15, -0.1) is 15.3 Å². The fourth-order valence-electron chi connectivity index (χ4n) is 3.72. The summed E-state index contributed by atoms with van der Waals surface area (Å²) in [5.74, 6) is 0.617. The van der Waals surface area contributed by atoms with Gasteiger partial charge in [-0.3, -0.25) is 4.57 Å². The normalized spacial score (nSPS) is 13.2. The van der Waals surface area contributed by atoms with Crippen LogP contribution in [0, 0.1) is 11.3 Å². The van der Waals surface area contributed by atoms with Crippen molar-refractivity contribution in [3.8, 4) is 11.8 Å². The van der Waals surface area contributed by atoms with Crippen LogP contribution in [0.5, 0.6) is 0 Å². The van der Waals surface area contributed by atoms with E-state index in [0.29, 0.717) is 23.2 Å². The molecule has 1 aromatic carbocycles. The standard InChI is InChI=1S/C23H27N11/c1-32(2)9-3-8-25-19-7-6-17(10-21(19)33-14-27-28-15-33)30-22-11-20(29-16-4-5-16)23-26-13-18(12-24)34(23)31-22/h6-7,10-11,13-16,25,29H,3-5,8-9H2,1-2H3,(H,30,31). The molecule has 1 aliphatic rings. The lowest BCUT2D eigenvalue weighted by atomic mass is 10.2. The van der Waals surface area contributed by atoms with E-state index in [1.54, 1.807) is 23.4 Å². The van der Waals surface area contributed by atoms with E-state index in [-0.39, 0.29) is 0 Å². The van der Waals surface area contributed by atoms with E-state index in [9.17, 15) is 5.26 Å². The molecule has 0 unspecified atom stereocenters. The molecule has 0 amide bonds. The van der Waals surface area contributed by atoms with Crippen molar-refractivity contribution in [2.24, 2.45) is 0 Å². The van der Waals surface area contributed by atoms with Crippen molar-refractivity contribution < 1.29 is 0 Å². The maximum absolute atomic E-state index is 9.47. The molecule has 4 aromatic rings. The highest BCUT2D eigenvalue weighted by Crippen LogP contribution is 2.30. The van der Waals surface area contributed by atoms with Gasteiger partial charge in [-0.1, -0.05) is 0 Å². The van der Waals surface area contributed by atoms with E-state index in [1.807, 2.05) is 28.8 Å². The van der Waals surface area contributed by atoms with Crippen LogP contribution in [0.2, 0.25) is 0 Å². The van der Waals surface area contributed by atoms with Crippen LogP contribution in [0.15, 0.2) is 43.1 Å². The highest BCUT2D eigenvalue weighted by atomic mass is 15.3. The zero-order valence-electron chi connectivity index (χ0n) is 19.2. The molecule has 11 nitrogen and oxygen atoms in total. The summed E-state index contributed by atoms with van der Waals surface area (Å²) in [5, 5.41) is 32.4. The fraction of sp³-hybridized carbons (Fsp3) is 0.348. The molecule has 0 radical (unpaired) electrons. The minimum absolute atomic E-state index is 0.389. The monoisotopic (exact) mass is 457 g/mol. The largest absolute Gasteiger partial charge is 0.383 e. The molecule has 3 heterocycles. The van der Waals surface area contributed by atoms with Gasteiger partial charge in [-0.2, -0.15) is 9.78 Å². The zero-order chi connectivity index (χ0) is 23.5. The number of hydrogen-bond acceptors (Lipinski definition) is 9. The van der Waals surface area contributed by atoms with Crippen LogP contribution in [0.3, 0.4) is 0 Å². The van der Waals surface area contributed by atoms with Gasteiger partial charge in [0.05, 0.1) is 23.3 Å². The summed E-state index contributed by atoms with van der Waals surface area (Å²) >= 11 is 0. The topological polar surface area (TPSA) is 124 Å². The SMILES string of the molecule is CN(C)CCCNc1ccc(Nc2cc(NC3CC3)c3ncc(C#N)n3n2)cc1-n1cnnc1. The van der Waals surface area contributed by atoms with Crippen molar-refractivity contribution in [3.05, 3.63) is 48.8 Å². The van der Waals surface area contributed by atoms with Gasteiger partial charge in [0.15, 0.2) is 17.2 Å². The molecule has 0 aliphatic heterocycles. The second kappa shape index (κ2) is 9.36. The predicted octanol–water partition coefficient (Wildman–Crippen LogP) is 2.86. The van der Waals surface area contributed by atoms with E-state index >= 15 is 0 Å². The first kappa shape index (κ1) is 21.7. The van der Waals surface area contributed by atoms with Crippen LogP contribution in [-0.2, 0) is 0 Å². The molecule has 1 saturated carbocycles. The van der Waals surface area contributed by atoms with Gasteiger partial charge < -0.3 is 20.9 Å². The number of benzene rings is 1. The van der Waals surface area contributed by atoms with Gasteiger partial charge in [0.2, 0.25) is 0 Å². The van der Waals surface area contributed by atoms with Gasteiger partial charge in [0, 0.05) is 24.3 Å². The lowest BCUT2D eigenvalue weighted by Gasteiger charge is -2.16. The Hall–Kier alpha value is -4.17. The molecule has 0 bridgehead atoms. The molecule has 0 atom stereocenters. The van der Waals surface area contributed by atoms with Gasteiger partial charge in [-0.05, 0) is 58.1 Å². The quantitative estimate of drug-likeness (QED) is 0.308. The summed E-state index contributed by atoms with van der Waals surface area (Å²) in [7, 11) is 4.15. The van der Waals surface area contributed by atoms with E-state index in [1.165, 1.54) is 0 Å². The Bertz CT molecular complexity index is 1310. The molecular formula is C23H27N11. The maximum Gasteiger partial charge on any atom is 0.178 e. The van der Waals surface area contributed by atoms with E-state index in [4.69, 9.17) is 0 Å². The van der Waals surface area contributed by atoms with Crippen LogP contribution in [0.25, 0.3) is 11.3 Å². The highest BCUT2D eigenvalue weighted by Gasteiger charge is 2.23. The number of nitriles is 1. The molecule has 174 valence electrons. The predicted molar refractivity (Wildman–Crippen MR) is 131 cm³/mol. The van der Waals surface area contributed by atoms with E-state index < -0.39 is 0 Å². The zero-order valence-corrected chi connectivity index (χ0v) is 19.2.